The number of nitrogens with one attached hydrogen (secondary N) is 1. The van der Waals surface area contributed by atoms with Crippen molar-refractivity contribution in [2.45, 2.75) is 25.6 Å². The molecular formula is C27H24FN3O3S. The van der Waals surface area contributed by atoms with Crippen LogP contribution in [0.4, 0.5) is 21.5 Å². The topological polar surface area (TPSA) is 69.7 Å². The van der Waals surface area contributed by atoms with Crippen molar-refractivity contribution in [1.29, 1.82) is 0 Å². The predicted octanol–water partition coefficient (Wildman–Crippen LogP) is 4.67. The van der Waals surface area contributed by atoms with Crippen molar-refractivity contribution < 1.29 is 18.8 Å². The number of nitrogens with zero attached hydrogens (tertiary/aromatic N) is 2. The number of carbonyl (C=O) groups excluding carboxylic acids is 3. The van der Waals surface area contributed by atoms with Crippen LogP contribution >= 0.6 is 11.8 Å². The molecule has 8 heteroatoms. The largest absolute Gasteiger partial charge is 0.324 e. The third-order valence-electron chi connectivity index (χ3n) is 6.37. The van der Waals surface area contributed by atoms with Gasteiger partial charge in [-0.25, -0.2) is 4.39 Å². The number of halogens is 1. The Morgan fingerprint density at radius 3 is 2.43 bits per heavy atom. The van der Waals surface area contributed by atoms with Gasteiger partial charge in [0.05, 0.1) is 11.4 Å². The highest BCUT2D eigenvalue weighted by Gasteiger charge is 2.61. The lowest BCUT2D eigenvalue weighted by Gasteiger charge is -2.33. The highest BCUT2D eigenvalue weighted by atomic mass is 32.2. The maximum Gasteiger partial charge on any atom is 0.269 e. The first-order valence-electron chi connectivity index (χ1n) is 11.2. The number of fused-ring (bicyclic) bond motifs is 2. The molecule has 178 valence electrons. The Morgan fingerprint density at radius 1 is 1.00 bits per heavy atom. The summed E-state index contributed by atoms with van der Waals surface area (Å²) < 4.78 is 13.6. The molecule has 35 heavy (non-hydrogen) atoms. The van der Waals surface area contributed by atoms with Crippen molar-refractivity contribution in [2.24, 2.45) is 0 Å². The van der Waals surface area contributed by atoms with Crippen LogP contribution in [0, 0.1) is 26.6 Å². The minimum Gasteiger partial charge on any atom is -0.324 e. The number of carbonyl (C=O) groups is 3. The number of aryl methyl sites for hydroxylation is 3. The first-order valence-corrected chi connectivity index (χ1v) is 12.2. The highest BCUT2D eigenvalue weighted by Crippen LogP contribution is 2.55. The van der Waals surface area contributed by atoms with Gasteiger partial charge in [0.25, 0.3) is 5.91 Å². The van der Waals surface area contributed by atoms with Gasteiger partial charge in [-0.05, 0) is 68.3 Å². The maximum absolute atomic E-state index is 14.1. The smallest absolute Gasteiger partial charge is 0.269 e. The van der Waals surface area contributed by atoms with Gasteiger partial charge in [0, 0.05) is 16.9 Å². The second-order valence-corrected chi connectivity index (χ2v) is 10.1. The number of benzene rings is 3. The minimum atomic E-state index is -1.35. The molecule has 1 atom stereocenters. The van der Waals surface area contributed by atoms with Gasteiger partial charge in [-0.3, -0.25) is 24.2 Å². The molecule has 2 aliphatic rings. The lowest BCUT2D eigenvalue weighted by atomic mass is 10.0. The van der Waals surface area contributed by atoms with Crippen LogP contribution in [0.3, 0.4) is 0 Å². The lowest BCUT2D eigenvalue weighted by molar-refractivity contribution is -0.124. The zero-order valence-corrected chi connectivity index (χ0v) is 20.4. The van der Waals surface area contributed by atoms with E-state index in [-0.39, 0.29) is 30.0 Å². The van der Waals surface area contributed by atoms with Gasteiger partial charge in [-0.2, -0.15) is 0 Å². The molecule has 1 spiro atoms. The Kier molecular flexibility index (Phi) is 5.63. The quantitative estimate of drug-likeness (QED) is 0.578. The summed E-state index contributed by atoms with van der Waals surface area (Å²) in [5.41, 5.74) is 5.23. The van der Waals surface area contributed by atoms with Crippen LogP contribution in [-0.4, -0.2) is 30.0 Å². The van der Waals surface area contributed by atoms with Crippen molar-refractivity contribution in [3.05, 3.63) is 88.7 Å². The third-order valence-corrected chi connectivity index (χ3v) is 7.75. The van der Waals surface area contributed by atoms with E-state index in [9.17, 15) is 18.8 Å². The van der Waals surface area contributed by atoms with Crippen LogP contribution in [0.15, 0.2) is 60.7 Å². The van der Waals surface area contributed by atoms with Gasteiger partial charge < -0.3 is 5.32 Å². The Balaban J connectivity index is 1.54. The summed E-state index contributed by atoms with van der Waals surface area (Å²) in [4.78, 5) is 41.7. The van der Waals surface area contributed by atoms with Crippen LogP contribution in [0.25, 0.3) is 0 Å². The van der Waals surface area contributed by atoms with Crippen molar-refractivity contribution in [1.82, 2.24) is 0 Å². The fraction of sp³-hybridized carbons (Fsp3) is 0.222. The molecule has 3 aromatic carbocycles. The van der Waals surface area contributed by atoms with E-state index in [2.05, 4.69) is 5.32 Å². The number of anilines is 3. The van der Waals surface area contributed by atoms with Gasteiger partial charge in [0.1, 0.15) is 12.4 Å². The maximum atomic E-state index is 14.1. The van der Waals surface area contributed by atoms with Crippen molar-refractivity contribution >= 4 is 46.5 Å². The molecule has 1 fully saturated rings. The molecule has 1 saturated heterocycles. The molecule has 5 rings (SSSR count). The van der Waals surface area contributed by atoms with Gasteiger partial charge in [-0.1, -0.05) is 29.8 Å². The molecule has 0 unspecified atom stereocenters. The Bertz CT molecular complexity index is 1370. The van der Waals surface area contributed by atoms with Gasteiger partial charge >= 0.3 is 0 Å². The Hall–Kier alpha value is -3.65. The SMILES string of the molecule is Cc1ccc(C)c(NC(=O)CN2C(=O)[C@]3(SCC(=O)N3c3ccc(F)cc3)c3cc(C)ccc32)c1. The van der Waals surface area contributed by atoms with E-state index in [1.165, 1.54) is 45.8 Å². The number of rotatable bonds is 4. The average Bonchev–Trinajstić information content (AvgIpc) is 3.27. The molecular weight excluding hydrogens is 465 g/mol. The summed E-state index contributed by atoms with van der Waals surface area (Å²) in [5.74, 6) is -1.28. The van der Waals surface area contributed by atoms with Crippen LogP contribution in [-0.2, 0) is 19.3 Å². The molecule has 0 bridgehead atoms. The molecule has 0 aliphatic carbocycles. The number of hydrogen-bond acceptors (Lipinski definition) is 4. The van der Waals surface area contributed by atoms with Crippen LogP contribution in [0.5, 0.6) is 0 Å². The van der Waals surface area contributed by atoms with Crippen molar-refractivity contribution in [2.75, 3.05) is 27.4 Å². The summed E-state index contributed by atoms with van der Waals surface area (Å²) in [7, 11) is 0. The van der Waals surface area contributed by atoms with Crippen molar-refractivity contribution in [3.8, 4) is 0 Å². The Labute approximate surface area is 207 Å². The number of amides is 3. The molecule has 3 amide bonds. The minimum absolute atomic E-state index is 0.0963. The van der Waals surface area contributed by atoms with E-state index in [0.29, 0.717) is 22.6 Å². The summed E-state index contributed by atoms with van der Waals surface area (Å²) in [5, 5.41) is 2.92. The van der Waals surface area contributed by atoms with Gasteiger partial charge in [0.2, 0.25) is 16.7 Å². The average molecular weight is 490 g/mol. The zero-order chi connectivity index (χ0) is 24.9. The third kappa shape index (κ3) is 3.78. The van der Waals surface area contributed by atoms with Gasteiger partial charge in [-0.15, -0.1) is 11.8 Å². The number of thioether (sulfide) groups is 1. The molecule has 0 radical (unpaired) electrons. The fourth-order valence-corrected chi connectivity index (χ4v) is 6.02. The second-order valence-electron chi connectivity index (χ2n) is 8.92. The standard InChI is InChI=1S/C27H24FN3O3S/c1-16-5-11-23-21(12-16)27(31(25(33)15-35-27)20-9-7-19(28)8-10-20)26(34)30(23)14-24(32)29-22-13-17(2)4-6-18(22)3/h4-13H,14-15H2,1-3H3,(H,29,32)/t27-/m1/s1. The molecule has 6 nitrogen and oxygen atoms in total. The van der Waals surface area contributed by atoms with Crippen molar-refractivity contribution in [3.63, 3.8) is 0 Å². The summed E-state index contributed by atoms with van der Waals surface area (Å²) in [6, 6.07) is 16.9. The number of hydrogen-bond donors (Lipinski definition) is 1. The summed E-state index contributed by atoms with van der Waals surface area (Å²) in [6.45, 7) is 5.57. The van der Waals surface area contributed by atoms with E-state index in [4.69, 9.17) is 0 Å². The predicted molar refractivity (Wildman–Crippen MR) is 136 cm³/mol. The van der Waals surface area contributed by atoms with Crippen LogP contribution in [0.2, 0.25) is 0 Å². The summed E-state index contributed by atoms with van der Waals surface area (Å²) in [6.07, 6.45) is 0. The second kappa shape index (κ2) is 8.53. The monoisotopic (exact) mass is 489 g/mol. The summed E-state index contributed by atoms with van der Waals surface area (Å²) >= 11 is 1.23. The van der Waals surface area contributed by atoms with Crippen LogP contribution < -0.4 is 15.1 Å². The first-order chi connectivity index (χ1) is 16.7. The van der Waals surface area contributed by atoms with Crippen LogP contribution in [0.1, 0.15) is 22.3 Å². The molecule has 3 aromatic rings. The molecule has 0 saturated carbocycles. The highest BCUT2D eigenvalue weighted by molar-refractivity contribution is 8.02. The molecule has 2 heterocycles. The zero-order valence-electron chi connectivity index (χ0n) is 19.6. The van der Waals surface area contributed by atoms with E-state index >= 15 is 0 Å². The molecule has 1 N–H and O–H groups in total. The Morgan fingerprint density at radius 2 is 1.69 bits per heavy atom. The first kappa shape index (κ1) is 23.1. The van der Waals surface area contributed by atoms with E-state index < -0.39 is 10.7 Å². The van der Waals surface area contributed by atoms with E-state index in [1.807, 2.05) is 57.2 Å². The molecule has 0 aromatic heterocycles. The van der Waals surface area contributed by atoms with E-state index in [1.54, 1.807) is 0 Å². The fourth-order valence-electron chi connectivity index (χ4n) is 4.67. The van der Waals surface area contributed by atoms with Gasteiger partial charge in [0.15, 0.2) is 0 Å². The molecule has 2 aliphatic heterocycles. The lowest BCUT2D eigenvalue weighted by Crippen LogP contribution is -2.50. The normalized spacial score (nSPS) is 19.0. The van der Waals surface area contributed by atoms with E-state index in [0.717, 1.165) is 16.7 Å².